The molecule has 12 heavy (non-hydrogen) atoms. The Labute approximate surface area is 71.8 Å². The van der Waals surface area contributed by atoms with Crippen molar-refractivity contribution in [3.8, 4) is 5.75 Å². The lowest BCUT2D eigenvalue weighted by Gasteiger charge is -2.19. The van der Waals surface area contributed by atoms with Gasteiger partial charge in [-0.15, -0.1) is 0 Å². The van der Waals surface area contributed by atoms with E-state index in [9.17, 15) is 5.11 Å². The van der Waals surface area contributed by atoms with Crippen LogP contribution in [0.4, 0.5) is 0 Å². The first-order valence-electron chi connectivity index (χ1n) is 4.60. The number of nitrogens with one attached hydrogen (secondary N) is 1. The van der Waals surface area contributed by atoms with Gasteiger partial charge in [0.1, 0.15) is 0 Å². The molecule has 0 bridgehead atoms. The number of aromatic hydroxyl groups is 1. The van der Waals surface area contributed by atoms with Gasteiger partial charge in [-0.05, 0) is 12.8 Å². The fraction of sp³-hybridized carbons (Fsp3) is 0.667. The number of aromatic amines is 1. The summed E-state index contributed by atoms with van der Waals surface area (Å²) >= 11 is 0. The van der Waals surface area contributed by atoms with E-state index in [-0.39, 0.29) is 0 Å². The number of rotatable bonds is 1. The Balaban J connectivity index is 2.13. The Morgan fingerprint density at radius 3 is 2.67 bits per heavy atom. The van der Waals surface area contributed by atoms with Crippen LogP contribution in [0.5, 0.6) is 5.75 Å². The second kappa shape index (κ2) is 3.17. The Kier molecular flexibility index (Phi) is 2.02. The van der Waals surface area contributed by atoms with E-state index < -0.39 is 0 Å². The van der Waals surface area contributed by atoms with Crippen molar-refractivity contribution in [2.24, 2.45) is 0 Å². The summed E-state index contributed by atoms with van der Waals surface area (Å²) in [6, 6.07) is 0. The van der Waals surface area contributed by atoms with Gasteiger partial charge >= 0.3 is 0 Å². The average Bonchev–Trinajstić information content (AvgIpc) is 2.53. The number of aromatic nitrogens is 2. The third-order valence-electron chi connectivity index (χ3n) is 2.66. The van der Waals surface area contributed by atoms with Gasteiger partial charge in [0.15, 0.2) is 5.75 Å². The molecular weight excluding hydrogens is 152 g/mol. The Hall–Kier alpha value is -0.990. The first-order chi connectivity index (χ1) is 5.88. The van der Waals surface area contributed by atoms with Crippen molar-refractivity contribution in [3.05, 3.63) is 11.9 Å². The standard InChI is InChI=1S/C9H14N2O/c12-8-6-10-11-9(8)7-4-2-1-3-5-7/h6-7,12H,1-5H2,(H,10,11). The second-order valence-electron chi connectivity index (χ2n) is 3.50. The van der Waals surface area contributed by atoms with Gasteiger partial charge in [0, 0.05) is 5.92 Å². The lowest BCUT2D eigenvalue weighted by atomic mass is 9.87. The molecule has 1 saturated carbocycles. The van der Waals surface area contributed by atoms with E-state index >= 15 is 0 Å². The minimum absolute atomic E-state index is 0.335. The molecule has 1 aromatic heterocycles. The van der Waals surface area contributed by atoms with E-state index in [1.165, 1.54) is 38.3 Å². The van der Waals surface area contributed by atoms with E-state index in [1.54, 1.807) is 0 Å². The monoisotopic (exact) mass is 166 g/mol. The Morgan fingerprint density at radius 2 is 2.08 bits per heavy atom. The Bertz CT molecular complexity index is 251. The lowest BCUT2D eigenvalue weighted by Crippen LogP contribution is -2.04. The van der Waals surface area contributed by atoms with Crippen molar-refractivity contribution < 1.29 is 5.11 Å². The van der Waals surface area contributed by atoms with Crippen molar-refractivity contribution in [1.29, 1.82) is 0 Å². The maximum atomic E-state index is 9.41. The van der Waals surface area contributed by atoms with Crippen LogP contribution in [0.2, 0.25) is 0 Å². The molecule has 3 nitrogen and oxygen atoms in total. The maximum Gasteiger partial charge on any atom is 0.156 e. The number of hydrogen-bond acceptors (Lipinski definition) is 2. The smallest absolute Gasteiger partial charge is 0.156 e. The zero-order valence-electron chi connectivity index (χ0n) is 7.08. The number of H-pyrrole nitrogens is 1. The van der Waals surface area contributed by atoms with Gasteiger partial charge in [-0.1, -0.05) is 19.3 Å². The minimum Gasteiger partial charge on any atom is -0.504 e. The molecule has 0 saturated heterocycles. The average molecular weight is 166 g/mol. The Morgan fingerprint density at radius 1 is 1.33 bits per heavy atom. The lowest BCUT2D eigenvalue weighted by molar-refractivity contribution is 0.410. The molecule has 3 heteroatoms. The first kappa shape index (κ1) is 7.65. The molecule has 0 amide bonds. The zero-order chi connectivity index (χ0) is 8.39. The van der Waals surface area contributed by atoms with Crippen molar-refractivity contribution >= 4 is 0 Å². The third-order valence-corrected chi connectivity index (χ3v) is 2.66. The van der Waals surface area contributed by atoms with Gasteiger partial charge in [0.2, 0.25) is 0 Å². The third kappa shape index (κ3) is 1.31. The van der Waals surface area contributed by atoms with E-state index in [0.29, 0.717) is 11.7 Å². The predicted octanol–water partition coefficient (Wildman–Crippen LogP) is 2.16. The fourth-order valence-electron chi connectivity index (χ4n) is 1.98. The van der Waals surface area contributed by atoms with E-state index in [4.69, 9.17) is 0 Å². The van der Waals surface area contributed by atoms with Crippen LogP contribution in [0.1, 0.15) is 43.7 Å². The molecule has 1 fully saturated rings. The molecule has 1 aliphatic carbocycles. The van der Waals surface area contributed by atoms with E-state index in [0.717, 1.165) is 5.69 Å². The van der Waals surface area contributed by atoms with E-state index in [1.807, 2.05) is 0 Å². The zero-order valence-corrected chi connectivity index (χ0v) is 7.08. The summed E-state index contributed by atoms with van der Waals surface area (Å²) in [4.78, 5) is 0. The quantitative estimate of drug-likeness (QED) is 0.671. The van der Waals surface area contributed by atoms with E-state index in [2.05, 4.69) is 10.2 Å². The van der Waals surface area contributed by atoms with Crippen LogP contribution in [0.15, 0.2) is 6.20 Å². The molecule has 0 atom stereocenters. The van der Waals surface area contributed by atoms with Crippen LogP contribution in [0.3, 0.4) is 0 Å². The molecule has 66 valence electrons. The highest BCUT2D eigenvalue weighted by atomic mass is 16.3. The van der Waals surface area contributed by atoms with Gasteiger partial charge in [0.05, 0.1) is 11.9 Å². The first-order valence-corrected chi connectivity index (χ1v) is 4.60. The normalized spacial score (nSPS) is 19.7. The molecule has 0 radical (unpaired) electrons. The second-order valence-corrected chi connectivity index (χ2v) is 3.50. The molecule has 0 aliphatic heterocycles. The van der Waals surface area contributed by atoms with Crippen LogP contribution in [-0.4, -0.2) is 15.3 Å². The summed E-state index contributed by atoms with van der Waals surface area (Å²) in [5.41, 5.74) is 0.940. The summed E-state index contributed by atoms with van der Waals surface area (Å²) < 4.78 is 0. The van der Waals surface area contributed by atoms with Crippen LogP contribution >= 0.6 is 0 Å². The summed E-state index contributed by atoms with van der Waals surface area (Å²) in [5, 5.41) is 16.1. The minimum atomic E-state index is 0.335. The molecular formula is C9H14N2O. The molecule has 0 aromatic carbocycles. The van der Waals surface area contributed by atoms with Crippen molar-refractivity contribution in [2.75, 3.05) is 0 Å². The van der Waals surface area contributed by atoms with Crippen molar-refractivity contribution in [3.63, 3.8) is 0 Å². The summed E-state index contributed by atoms with van der Waals surface area (Å²) in [5.74, 6) is 0.850. The SMILES string of the molecule is Oc1cn[nH]c1C1CCCCC1. The molecule has 2 rings (SSSR count). The summed E-state index contributed by atoms with van der Waals surface area (Å²) in [6.07, 6.45) is 7.77. The molecule has 2 N–H and O–H groups in total. The van der Waals surface area contributed by atoms with Gasteiger partial charge < -0.3 is 5.11 Å². The highest BCUT2D eigenvalue weighted by molar-refractivity contribution is 5.25. The van der Waals surface area contributed by atoms with Gasteiger partial charge in [-0.2, -0.15) is 5.10 Å². The topological polar surface area (TPSA) is 48.9 Å². The number of nitrogens with zero attached hydrogens (tertiary/aromatic N) is 1. The van der Waals surface area contributed by atoms with Crippen LogP contribution in [0, 0.1) is 0 Å². The molecule has 0 unspecified atom stereocenters. The molecule has 1 aliphatic rings. The van der Waals surface area contributed by atoms with Gasteiger partial charge in [-0.3, -0.25) is 5.10 Å². The predicted molar refractivity (Wildman–Crippen MR) is 46.1 cm³/mol. The molecule has 0 spiro atoms. The number of hydrogen-bond donors (Lipinski definition) is 2. The van der Waals surface area contributed by atoms with Crippen LogP contribution in [0.25, 0.3) is 0 Å². The summed E-state index contributed by atoms with van der Waals surface area (Å²) in [6.45, 7) is 0. The summed E-state index contributed by atoms with van der Waals surface area (Å²) in [7, 11) is 0. The highest BCUT2D eigenvalue weighted by Crippen LogP contribution is 2.35. The molecule has 1 aromatic rings. The van der Waals surface area contributed by atoms with Crippen LogP contribution < -0.4 is 0 Å². The van der Waals surface area contributed by atoms with Gasteiger partial charge in [-0.25, -0.2) is 0 Å². The van der Waals surface area contributed by atoms with Crippen LogP contribution in [-0.2, 0) is 0 Å². The highest BCUT2D eigenvalue weighted by Gasteiger charge is 2.19. The van der Waals surface area contributed by atoms with Crippen molar-refractivity contribution in [1.82, 2.24) is 10.2 Å². The largest absolute Gasteiger partial charge is 0.504 e. The molecule has 1 heterocycles. The fourth-order valence-corrected chi connectivity index (χ4v) is 1.98. The van der Waals surface area contributed by atoms with Crippen molar-refractivity contribution in [2.45, 2.75) is 38.0 Å². The maximum absolute atomic E-state index is 9.41. The van der Waals surface area contributed by atoms with Gasteiger partial charge in [0.25, 0.3) is 0 Å².